The molecule has 1 heterocycles. The third-order valence-electron chi connectivity index (χ3n) is 7.19. The highest BCUT2D eigenvalue weighted by molar-refractivity contribution is 7.98. The summed E-state index contributed by atoms with van der Waals surface area (Å²) >= 11 is 1.78. The lowest BCUT2D eigenvalue weighted by Crippen LogP contribution is -2.48. The molecule has 1 aromatic rings. The summed E-state index contributed by atoms with van der Waals surface area (Å²) in [5.74, 6) is 7.95. The Morgan fingerprint density at radius 1 is 1.32 bits per heavy atom. The van der Waals surface area contributed by atoms with Crippen LogP contribution < -0.4 is 16.4 Å². The normalized spacial score (nSPS) is 34.5. The molecular weight excluding hydrogens is 376 g/mol. The summed E-state index contributed by atoms with van der Waals surface area (Å²) in [6, 6.07) is 4.64. The fourth-order valence-corrected chi connectivity index (χ4v) is 6.61. The highest BCUT2D eigenvalue weighted by Gasteiger charge is 2.69. The predicted octanol–water partition coefficient (Wildman–Crippen LogP) is 2.36. The van der Waals surface area contributed by atoms with Crippen molar-refractivity contribution >= 4 is 11.8 Å². The van der Waals surface area contributed by atoms with Crippen LogP contribution in [-0.4, -0.2) is 36.0 Å². The van der Waals surface area contributed by atoms with Gasteiger partial charge in [-0.15, -0.1) is 0 Å². The molecule has 28 heavy (non-hydrogen) atoms. The van der Waals surface area contributed by atoms with Crippen LogP contribution in [0.25, 0.3) is 0 Å². The highest BCUT2D eigenvalue weighted by Crippen LogP contribution is 2.75. The first kappa shape index (κ1) is 18.9. The monoisotopic (exact) mass is 406 g/mol. The largest absolute Gasteiger partial charge is 0.464 e. The second kappa shape index (κ2) is 7.63. The lowest BCUT2D eigenvalue weighted by Gasteiger charge is -2.21. The molecule has 4 bridgehead atoms. The number of rotatable bonds is 12. The van der Waals surface area contributed by atoms with Crippen molar-refractivity contribution < 1.29 is 9.34 Å². The summed E-state index contributed by atoms with van der Waals surface area (Å²) in [6.07, 6.45) is 4.81. The number of furan rings is 1. The molecule has 5 aliphatic carbocycles. The molecule has 5 saturated carbocycles. The maximum atomic E-state index is 10.8. The number of hydrogen-bond donors (Lipinski definition) is 3. The van der Waals surface area contributed by atoms with E-state index in [1.54, 1.807) is 11.8 Å². The molecule has 0 radical (unpaired) electrons. The summed E-state index contributed by atoms with van der Waals surface area (Å²) in [4.78, 5) is 10.5. The average molecular weight is 407 g/mol. The van der Waals surface area contributed by atoms with Gasteiger partial charge in [-0.3, -0.25) is 20.7 Å². The fourth-order valence-electron chi connectivity index (χ4n) is 5.84. The van der Waals surface area contributed by atoms with E-state index in [0.29, 0.717) is 12.0 Å². The van der Waals surface area contributed by atoms with Crippen molar-refractivity contribution in [3.63, 3.8) is 0 Å². The Morgan fingerprint density at radius 2 is 2.11 bits per heavy atom. The smallest absolute Gasteiger partial charge is 0.231 e. The number of hydrogen-bond acceptors (Lipinski definition) is 7. The SMILES string of the molecule is NC(c1ccc(CSCCNC(C[N+](=O)[O-])NC2CC2)o1)C1C2CC3C(C2)C31. The zero-order valence-corrected chi connectivity index (χ0v) is 16.9. The average Bonchev–Trinajstić information content (AvgIpc) is 3.32. The molecule has 5 fully saturated rings. The molecule has 154 valence electrons. The molecule has 0 aromatic carbocycles. The van der Waals surface area contributed by atoms with Crippen molar-refractivity contribution in [2.24, 2.45) is 35.3 Å². The summed E-state index contributed by atoms with van der Waals surface area (Å²) in [5.41, 5.74) is 6.57. The van der Waals surface area contributed by atoms with E-state index in [9.17, 15) is 10.1 Å². The van der Waals surface area contributed by atoms with E-state index in [2.05, 4.69) is 22.8 Å². The van der Waals surface area contributed by atoms with Gasteiger partial charge in [-0.1, -0.05) is 0 Å². The van der Waals surface area contributed by atoms with Crippen LogP contribution in [0.4, 0.5) is 0 Å². The topological polar surface area (TPSA) is 106 Å². The molecule has 6 rings (SSSR count). The van der Waals surface area contributed by atoms with Gasteiger partial charge in [-0.05, 0) is 67.4 Å². The van der Waals surface area contributed by atoms with Gasteiger partial charge in [0.15, 0.2) is 0 Å². The summed E-state index contributed by atoms with van der Waals surface area (Å²) in [5, 5.41) is 17.3. The van der Waals surface area contributed by atoms with E-state index in [-0.39, 0.29) is 23.7 Å². The first-order valence-electron chi connectivity index (χ1n) is 10.6. The predicted molar refractivity (Wildman–Crippen MR) is 108 cm³/mol. The zero-order chi connectivity index (χ0) is 19.3. The summed E-state index contributed by atoms with van der Waals surface area (Å²) in [7, 11) is 0. The van der Waals surface area contributed by atoms with Crippen molar-refractivity contribution in [2.75, 3.05) is 18.8 Å². The Kier molecular flexibility index (Phi) is 5.15. The van der Waals surface area contributed by atoms with Crippen LogP contribution in [0, 0.1) is 39.7 Å². The van der Waals surface area contributed by atoms with Gasteiger partial charge in [-0.25, -0.2) is 0 Å². The third kappa shape index (κ3) is 3.84. The zero-order valence-electron chi connectivity index (χ0n) is 16.1. The molecule has 0 spiro atoms. The second-order valence-electron chi connectivity index (χ2n) is 9.06. The molecule has 7 nitrogen and oxygen atoms in total. The van der Waals surface area contributed by atoms with Gasteiger partial charge in [0.05, 0.1) is 11.8 Å². The van der Waals surface area contributed by atoms with E-state index < -0.39 is 0 Å². The summed E-state index contributed by atoms with van der Waals surface area (Å²) < 4.78 is 6.06. The van der Waals surface area contributed by atoms with Gasteiger partial charge >= 0.3 is 0 Å². The third-order valence-corrected chi connectivity index (χ3v) is 8.17. The van der Waals surface area contributed by atoms with Crippen LogP contribution in [-0.2, 0) is 5.75 Å². The van der Waals surface area contributed by atoms with Crippen LogP contribution >= 0.6 is 11.8 Å². The van der Waals surface area contributed by atoms with Crippen LogP contribution in [0.1, 0.15) is 43.2 Å². The first-order valence-corrected chi connectivity index (χ1v) is 11.8. The Morgan fingerprint density at radius 3 is 2.75 bits per heavy atom. The molecule has 4 N–H and O–H groups in total. The van der Waals surface area contributed by atoms with Gasteiger partial charge in [0.1, 0.15) is 17.7 Å². The van der Waals surface area contributed by atoms with Crippen molar-refractivity contribution in [2.45, 2.75) is 49.7 Å². The molecular formula is C20H30N4O3S. The van der Waals surface area contributed by atoms with Gasteiger partial charge in [0.2, 0.25) is 6.54 Å². The molecule has 0 aliphatic heterocycles. The van der Waals surface area contributed by atoms with E-state index in [1.807, 2.05) is 0 Å². The molecule has 8 heteroatoms. The van der Waals surface area contributed by atoms with Crippen LogP contribution in [0.15, 0.2) is 16.5 Å². The van der Waals surface area contributed by atoms with E-state index in [1.165, 1.54) is 12.8 Å². The molecule has 0 amide bonds. The van der Waals surface area contributed by atoms with Gasteiger partial charge in [0, 0.05) is 23.3 Å². The Balaban J connectivity index is 1.03. The van der Waals surface area contributed by atoms with Crippen molar-refractivity contribution in [3.8, 4) is 0 Å². The van der Waals surface area contributed by atoms with Crippen LogP contribution in [0.3, 0.4) is 0 Å². The molecule has 5 aliphatic rings. The maximum absolute atomic E-state index is 10.8. The Bertz CT molecular complexity index is 710. The number of thioether (sulfide) groups is 1. The second-order valence-corrected chi connectivity index (χ2v) is 10.2. The van der Waals surface area contributed by atoms with Gasteiger partial charge < -0.3 is 10.2 Å². The lowest BCUT2D eigenvalue weighted by molar-refractivity contribution is -0.484. The minimum Gasteiger partial charge on any atom is -0.464 e. The van der Waals surface area contributed by atoms with Gasteiger partial charge in [-0.2, -0.15) is 11.8 Å². The first-order chi connectivity index (χ1) is 13.6. The van der Waals surface area contributed by atoms with Crippen LogP contribution in [0.2, 0.25) is 0 Å². The fraction of sp³-hybridized carbons (Fsp3) is 0.800. The lowest BCUT2D eigenvalue weighted by atomic mass is 9.89. The highest BCUT2D eigenvalue weighted by atomic mass is 32.2. The Labute approximate surface area is 169 Å². The Hall–Kier alpha value is -1.09. The number of nitrogens with two attached hydrogens (primary N) is 1. The van der Waals surface area contributed by atoms with Crippen molar-refractivity contribution in [3.05, 3.63) is 33.8 Å². The molecule has 5 atom stereocenters. The van der Waals surface area contributed by atoms with E-state index in [4.69, 9.17) is 10.2 Å². The van der Waals surface area contributed by atoms with Crippen LogP contribution in [0.5, 0.6) is 0 Å². The quantitative estimate of drug-likeness (QED) is 0.212. The van der Waals surface area contributed by atoms with E-state index in [0.717, 1.165) is 66.1 Å². The summed E-state index contributed by atoms with van der Waals surface area (Å²) in [6.45, 7) is 0.662. The molecule has 1 aromatic heterocycles. The molecule has 0 saturated heterocycles. The number of nitrogens with one attached hydrogen (secondary N) is 2. The van der Waals surface area contributed by atoms with Gasteiger partial charge in [0.25, 0.3) is 0 Å². The maximum Gasteiger partial charge on any atom is 0.231 e. The van der Waals surface area contributed by atoms with E-state index >= 15 is 0 Å². The standard InChI is InChI=1S/C20H30N4O3S/c21-20(18-11-7-14-15(8-11)19(14)18)16-4-3-13(27-16)10-28-6-5-22-17(9-24(25)26)23-12-1-2-12/h3-4,11-12,14-15,17-20,22-23H,1-2,5-10,21H2. The van der Waals surface area contributed by atoms with Crippen molar-refractivity contribution in [1.82, 2.24) is 10.6 Å². The minimum absolute atomic E-state index is 0.0595. The molecule has 5 unspecified atom stereocenters. The number of nitrogens with zero attached hydrogens (tertiary/aromatic N) is 1. The van der Waals surface area contributed by atoms with Crippen molar-refractivity contribution in [1.29, 1.82) is 0 Å². The minimum atomic E-state index is -0.258. The number of nitro groups is 1.